The number of ether oxygens (including phenoxy) is 1. The average Bonchev–Trinajstić information content (AvgIpc) is 2.36. The Hall–Kier alpha value is -1.14. The molecular weight excluding hydrogens is 222 g/mol. The van der Waals surface area contributed by atoms with Crippen LogP contribution < -0.4 is 11.1 Å². The van der Waals surface area contributed by atoms with Gasteiger partial charge in [0.25, 0.3) is 0 Å². The minimum Gasteiger partial charge on any atom is -0.468 e. The number of hydrogen-bond donors (Lipinski definition) is 2. The van der Waals surface area contributed by atoms with Crippen LogP contribution in [0.3, 0.4) is 0 Å². The molecule has 0 aromatic carbocycles. The third-order valence-corrected chi connectivity index (χ3v) is 2.90. The van der Waals surface area contributed by atoms with E-state index in [0.717, 1.165) is 19.4 Å². The topological polar surface area (TPSA) is 84.7 Å². The second-order valence-electron chi connectivity index (χ2n) is 4.23. The van der Waals surface area contributed by atoms with Gasteiger partial charge in [-0.2, -0.15) is 0 Å². The first kappa shape index (κ1) is 13.9. The Kier molecular flexibility index (Phi) is 5.93. The Morgan fingerprint density at radius 1 is 1.53 bits per heavy atom. The number of nitrogens with zero attached hydrogens (tertiary/aromatic N) is 1. The molecule has 0 bridgehead atoms. The maximum atomic E-state index is 11.7. The van der Waals surface area contributed by atoms with Gasteiger partial charge in [0, 0.05) is 19.6 Å². The molecule has 0 spiro atoms. The largest absolute Gasteiger partial charge is 0.468 e. The molecule has 1 amide bonds. The van der Waals surface area contributed by atoms with E-state index in [1.54, 1.807) is 0 Å². The molecule has 1 atom stereocenters. The molecule has 0 radical (unpaired) electrons. The standard InChI is InChI=1S/C11H21N3O3/c1-17-10(15)8-14-6-2-3-9(7-14)11(16)13-5-4-12/h9H,2-8,12H2,1H3,(H,13,16). The van der Waals surface area contributed by atoms with Crippen LogP contribution in [-0.2, 0) is 14.3 Å². The van der Waals surface area contributed by atoms with Crippen molar-refractivity contribution in [3.05, 3.63) is 0 Å². The lowest BCUT2D eigenvalue weighted by Gasteiger charge is -2.30. The summed E-state index contributed by atoms with van der Waals surface area (Å²) in [5, 5.41) is 2.78. The molecule has 1 fully saturated rings. The van der Waals surface area contributed by atoms with Crippen molar-refractivity contribution in [2.75, 3.05) is 39.8 Å². The lowest BCUT2D eigenvalue weighted by molar-refractivity contribution is -0.143. The van der Waals surface area contributed by atoms with Crippen LogP contribution in [0.5, 0.6) is 0 Å². The predicted molar refractivity (Wildman–Crippen MR) is 63.2 cm³/mol. The SMILES string of the molecule is COC(=O)CN1CCCC(C(=O)NCCN)C1. The van der Waals surface area contributed by atoms with Crippen molar-refractivity contribution in [2.45, 2.75) is 12.8 Å². The van der Waals surface area contributed by atoms with Crippen LogP contribution in [-0.4, -0.2) is 56.6 Å². The highest BCUT2D eigenvalue weighted by atomic mass is 16.5. The summed E-state index contributed by atoms with van der Waals surface area (Å²) in [5.41, 5.74) is 5.33. The molecule has 0 saturated carbocycles. The number of carbonyl (C=O) groups excluding carboxylic acids is 2. The minimum atomic E-state index is -0.256. The number of amides is 1. The van der Waals surface area contributed by atoms with Crippen molar-refractivity contribution in [2.24, 2.45) is 11.7 Å². The van der Waals surface area contributed by atoms with Crippen LogP contribution in [0.1, 0.15) is 12.8 Å². The number of carbonyl (C=O) groups is 2. The molecule has 0 aliphatic carbocycles. The predicted octanol–water partition coefficient (Wildman–Crippen LogP) is -1.05. The molecule has 6 nitrogen and oxygen atoms in total. The van der Waals surface area contributed by atoms with Gasteiger partial charge in [-0.05, 0) is 19.4 Å². The Labute approximate surface area is 101 Å². The number of nitrogens with one attached hydrogen (secondary N) is 1. The van der Waals surface area contributed by atoms with Gasteiger partial charge in [0.15, 0.2) is 0 Å². The van der Waals surface area contributed by atoms with Gasteiger partial charge >= 0.3 is 5.97 Å². The zero-order valence-corrected chi connectivity index (χ0v) is 10.3. The summed E-state index contributed by atoms with van der Waals surface area (Å²) in [5.74, 6) is -0.266. The van der Waals surface area contributed by atoms with Crippen molar-refractivity contribution in [3.63, 3.8) is 0 Å². The molecule has 1 saturated heterocycles. The van der Waals surface area contributed by atoms with Crippen molar-refractivity contribution >= 4 is 11.9 Å². The summed E-state index contributed by atoms with van der Waals surface area (Å²) in [6.45, 7) is 2.68. The number of methoxy groups -OCH3 is 1. The first-order chi connectivity index (χ1) is 8.17. The summed E-state index contributed by atoms with van der Waals surface area (Å²) in [6, 6.07) is 0. The first-order valence-corrected chi connectivity index (χ1v) is 5.94. The van der Waals surface area contributed by atoms with Crippen molar-refractivity contribution in [1.82, 2.24) is 10.2 Å². The Bertz CT molecular complexity index is 271. The van der Waals surface area contributed by atoms with E-state index in [-0.39, 0.29) is 24.3 Å². The smallest absolute Gasteiger partial charge is 0.319 e. The molecular formula is C11H21N3O3. The van der Waals surface area contributed by atoms with Crippen LogP contribution in [0, 0.1) is 5.92 Å². The van der Waals surface area contributed by atoms with Crippen molar-refractivity contribution in [1.29, 1.82) is 0 Å². The highest BCUT2D eigenvalue weighted by Gasteiger charge is 2.26. The summed E-state index contributed by atoms with van der Waals surface area (Å²) in [6.07, 6.45) is 1.80. The molecule has 6 heteroatoms. The van der Waals surface area contributed by atoms with Crippen LogP contribution in [0.25, 0.3) is 0 Å². The molecule has 0 aromatic heterocycles. The first-order valence-electron chi connectivity index (χ1n) is 5.94. The highest BCUT2D eigenvalue weighted by Crippen LogP contribution is 2.16. The van der Waals surface area contributed by atoms with Gasteiger partial charge in [-0.25, -0.2) is 0 Å². The van der Waals surface area contributed by atoms with Gasteiger partial charge in [0.1, 0.15) is 0 Å². The van der Waals surface area contributed by atoms with Crippen molar-refractivity contribution in [3.8, 4) is 0 Å². The van der Waals surface area contributed by atoms with E-state index < -0.39 is 0 Å². The minimum absolute atomic E-state index is 0.0324. The molecule has 1 aliphatic heterocycles. The second-order valence-corrected chi connectivity index (χ2v) is 4.23. The third kappa shape index (κ3) is 4.70. The fourth-order valence-corrected chi connectivity index (χ4v) is 2.00. The number of likely N-dealkylation sites (tertiary alicyclic amines) is 1. The van der Waals surface area contributed by atoms with Gasteiger partial charge in [-0.3, -0.25) is 14.5 Å². The van der Waals surface area contributed by atoms with E-state index >= 15 is 0 Å². The van der Waals surface area contributed by atoms with Crippen LogP contribution in [0.4, 0.5) is 0 Å². The van der Waals surface area contributed by atoms with Gasteiger partial charge in [0.05, 0.1) is 19.6 Å². The molecule has 1 heterocycles. The van der Waals surface area contributed by atoms with Crippen LogP contribution in [0.2, 0.25) is 0 Å². The van der Waals surface area contributed by atoms with E-state index in [1.165, 1.54) is 7.11 Å². The van der Waals surface area contributed by atoms with Gasteiger partial charge in [-0.1, -0.05) is 0 Å². The number of esters is 1. The Balaban J connectivity index is 2.37. The van der Waals surface area contributed by atoms with Crippen molar-refractivity contribution < 1.29 is 14.3 Å². The monoisotopic (exact) mass is 243 g/mol. The average molecular weight is 243 g/mol. The molecule has 17 heavy (non-hydrogen) atoms. The lowest BCUT2D eigenvalue weighted by atomic mass is 9.97. The quantitative estimate of drug-likeness (QED) is 0.602. The second kappa shape index (κ2) is 7.24. The van der Waals surface area contributed by atoms with Crippen LogP contribution in [0.15, 0.2) is 0 Å². The number of hydrogen-bond acceptors (Lipinski definition) is 5. The lowest BCUT2D eigenvalue weighted by Crippen LogP contribution is -2.45. The van der Waals surface area contributed by atoms with Gasteiger partial charge in [0.2, 0.25) is 5.91 Å². The fraction of sp³-hybridized carbons (Fsp3) is 0.818. The maximum Gasteiger partial charge on any atom is 0.319 e. The Morgan fingerprint density at radius 2 is 2.29 bits per heavy atom. The highest BCUT2D eigenvalue weighted by molar-refractivity contribution is 5.79. The third-order valence-electron chi connectivity index (χ3n) is 2.90. The molecule has 3 N–H and O–H groups in total. The molecule has 98 valence electrons. The maximum absolute atomic E-state index is 11.7. The zero-order chi connectivity index (χ0) is 12.7. The van der Waals surface area contributed by atoms with Crippen LogP contribution >= 0.6 is 0 Å². The van der Waals surface area contributed by atoms with E-state index in [1.807, 2.05) is 4.90 Å². The fourth-order valence-electron chi connectivity index (χ4n) is 2.00. The number of nitrogens with two attached hydrogens (primary N) is 1. The van der Waals surface area contributed by atoms with E-state index in [4.69, 9.17) is 5.73 Å². The van der Waals surface area contributed by atoms with E-state index in [2.05, 4.69) is 10.1 Å². The molecule has 1 aliphatic rings. The van der Waals surface area contributed by atoms with E-state index in [0.29, 0.717) is 19.6 Å². The van der Waals surface area contributed by atoms with E-state index in [9.17, 15) is 9.59 Å². The summed E-state index contributed by atoms with van der Waals surface area (Å²) in [4.78, 5) is 24.9. The molecule has 1 rings (SSSR count). The summed E-state index contributed by atoms with van der Waals surface area (Å²) in [7, 11) is 1.37. The van der Waals surface area contributed by atoms with Gasteiger partial charge < -0.3 is 15.8 Å². The molecule has 0 aromatic rings. The normalized spacial score (nSPS) is 20.9. The van der Waals surface area contributed by atoms with Gasteiger partial charge in [-0.15, -0.1) is 0 Å². The number of piperidine rings is 1. The summed E-state index contributed by atoms with van der Waals surface area (Å²) < 4.78 is 4.62. The summed E-state index contributed by atoms with van der Waals surface area (Å²) >= 11 is 0. The Morgan fingerprint density at radius 3 is 2.94 bits per heavy atom. The zero-order valence-electron chi connectivity index (χ0n) is 10.3. The molecule has 1 unspecified atom stereocenters. The number of rotatable bonds is 5.